The van der Waals surface area contributed by atoms with E-state index in [0.717, 1.165) is 0 Å². The molecule has 1 N–H and O–H groups in total. The van der Waals surface area contributed by atoms with E-state index in [1.165, 1.54) is 33.2 Å². The molecule has 0 unspecified atom stereocenters. The van der Waals surface area contributed by atoms with Crippen LogP contribution in [0.3, 0.4) is 0 Å². The minimum Gasteiger partial charge on any atom is -0.358 e. The van der Waals surface area contributed by atoms with Crippen molar-refractivity contribution in [3.05, 3.63) is 27.2 Å². The van der Waals surface area contributed by atoms with E-state index in [-0.39, 0.29) is 27.6 Å². The number of carbonyl (C=O) groups is 2. The van der Waals surface area contributed by atoms with Crippen LogP contribution in [-0.2, 0) is 43.2 Å². The summed E-state index contributed by atoms with van der Waals surface area (Å²) >= 11 is 1.33. The van der Waals surface area contributed by atoms with Crippen molar-refractivity contribution >= 4 is 16.8 Å². The average molecular weight is 448 g/mol. The normalized spacial score (nSPS) is 6.53. The fraction of sp³-hybridized carbons (Fsp3) is 0.417. The van der Waals surface area contributed by atoms with Gasteiger partial charge in [0.15, 0.2) is 6.79 Å². The van der Waals surface area contributed by atoms with Crippen LogP contribution in [0.1, 0.15) is 20.8 Å². The predicted octanol–water partition coefficient (Wildman–Crippen LogP) is 1.42. The van der Waals surface area contributed by atoms with E-state index < -0.39 is 12.8 Å². The molecule has 116 valence electrons. The van der Waals surface area contributed by atoms with Gasteiger partial charge in [0.25, 0.3) is 0 Å². The molecule has 0 atom stereocenters. The van der Waals surface area contributed by atoms with Crippen molar-refractivity contribution in [1.82, 2.24) is 0 Å². The third-order valence-corrected chi connectivity index (χ3v) is 0.835. The number of rotatable bonds is 4. The summed E-state index contributed by atoms with van der Waals surface area (Å²) < 4.78 is 13.1. The minimum absolute atomic E-state index is 0. The molecule has 0 saturated heterocycles. The van der Waals surface area contributed by atoms with Gasteiger partial charge in [0.05, 0.1) is 5.76 Å². The van der Waals surface area contributed by atoms with E-state index >= 15 is 0 Å². The number of esters is 2. The van der Waals surface area contributed by atoms with Gasteiger partial charge < -0.3 is 34.2 Å². The van der Waals surface area contributed by atoms with Gasteiger partial charge in [0, 0.05) is 13.8 Å². The van der Waals surface area contributed by atoms with Crippen LogP contribution in [0.25, 0.3) is 0 Å². The Morgan fingerprint density at radius 2 is 1.37 bits per heavy atom. The van der Waals surface area contributed by atoms with Crippen molar-refractivity contribution in [3.63, 3.8) is 0 Å². The number of allylic oxidation sites excluding steroid dienone is 1. The summed E-state index contributed by atoms with van der Waals surface area (Å²) in [5.74, 6) is -0.273. The first-order valence-corrected chi connectivity index (χ1v) is 6.42. The number of hydrogen-bond acceptors (Lipinski definition) is 6. The van der Waals surface area contributed by atoms with E-state index in [1.807, 2.05) is 0 Å². The van der Waals surface area contributed by atoms with E-state index in [0.29, 0.717) is 5.76 Å². The Labute approximate surface area is 127 Å². The Bertz CT molecular complexity index is 216. The van der Waals surface area contributed by atoms with Gasteiger partial charge in [-0.1, -0.05) is 6.58 Å². The Hall–Kier alpha value is -1.00. The Balaban J connectivity index is -0.0000000580. The first-order chi connectivity index (χ1) is 7.90. The van der Waals surface area contributed by atoms with Crippen LogP contribution < -0.4 is 0 Å². The summed E-state index contributed by atoms with van der Waals surface area (Å²) in [6.07, 6.45) is 0. The van der Waals surface area contributed by atoms with Crippen molar-refractivity contribution in [2.75, 3.05) is 13.6 Å². The number of aliphatic hydroxyl groups is 1. The fourth-order valence-corrected chi connectivity index (χ4v) is 0.304. The molecule has 0 amide bonds. The zero-order valence-corrected chi connectivity index (χ0v) is 15.2. The van der Waals surface area contributed by atoms with Crippen LogP contribution in [0.15, 0.2) is 12.3 Å². The summed E-state index contributed by atoms with van der Waals surface area (Å²) in [6.45, 7) is 7.12. The van der Waals surface area contributed by atoms with E-state index in [9.17, 15) is 9.59 Å². The van der Waals surface area contributed by atoms with Gasteiger partial charge in [-0.15, -0.1) is 0 Å². The molecule has 19 heavy (non-hydrogen) atoms. The van der Waals surface area contributed by atoms with Gasteiger partial charge >= 0.3 is 36.2 Å². The van der Waals surface area contributed by atoms with Crippen LogP contribution >= 0.6 is 0 Å². The summed E-state index contributed by atoms with van der Waals surface area (Å²) in [6, 6.07) is 0. The van der Waals surface area contributed by atoms with Gasteiger partial charge in [-0.2, -0.15) is 0 Å². The number of ether oxygens (including phenoxy) is 3. The molecule has 0 radical (unpaired) electrons. The molecule has 0 aromatic heterocycles. The molecule has 0 fully saturated rings. The van der Waals surface area contributed by atoms with Crippen molar-refractivity contribution in [2.45, 2.75) is 20.8 Å². The van der Waals surface area contributed by atoms with E-state index in [1.54, 1.807) is 6.92 Å². The molecule has 0 aromatic carbocycles. The Morgan fingerprint density at radius 1 is 1.00 bits per heavy atom. The SMILES string of the molecule is C=C(C)OCOC(C)=O.CC(=O)OCO.[CH2]=[W].[CH3-].[CH3-]. The Kier molecular flexibility index (Phi) is 41.7. The van der Waals surface area contributed by atoms with Gasteiger partial charge in [-0.05, 0) is 6.92 Å². The summed E-state index contributed by atoms with van der Waals surface area (Å²) in [7, 11) is 0. The molecular formula is C12H24O6W-2. The topological polar surface area (TPSA) is 82.1 Å². The fourth-order valence-electron chi connectivity index (χ4n) is 0.304. The largest absolute Gasteiger partial charge is 0.358 e. The number of aliphatic hydroxyl groups excluding tert-OH is 1. The Morgan fingerprint density at radius 3 is 1.53 bits per heavy atom. The minimum atomic E-state index is -0.519. The molecule has 0 spiro atoms. The molecule has 0 aromatic rings. The zero-order chi connectivity index (χ0) is 14.3. The van der Waals surface area contributed by atoms with Crippen molar-refractivity contribution in [3.8, 4) is 0 Å². The monoisotopic (exact) mass is 448 g/mol. The van der Waals surface area contributed by atoms with Crippen LogP contribution in [0, 0.1) is 14.9 Å². The molecule has 0 heterocycles. The molecule has 6 nitrogen and oxygen atoms in total. The third-order valence-electron chi connectivity index (χ3n) is 0.835. The summed E-state index contributed by atoms with van der Waals surface area (Å²) in [5.41, 5.74) is 0. The molecule has 0 saturated carbocycles. The second-order valence-electron chi connectivity index (χ2n) is 2.37. The van der Waals surface area contributed by atoms with Crippen molar-refractivity contribution in [1.29, 1.82) is 0 Å². The molecule has 0 bridgehead atoms. The maximum atomic E-state index is 10.1. The van der Waals surface area contributed by atoms with Crippen molar-refractivity contribution in [2.24, 2.45) is 0 Å². The van der Waals surface area contributed by atoms with Gasteiger partial charge in [0.2, 0.25) is 6.79 Å². The van der Waals surface area contributed by atoms with Gasteiger partial charge in [-0.25, -0.2) is 0 Å². The van der Waals surface area contributed by atoms with Crippen LogP contribution in [-0.4, -0.2) is 35.5 Å². The van der Waals surface area contributed by atoms with Crippen LogP contribution in [0.4, 0.5) is 0 Å². The molecule has 0 aliphatic heterocycles. The second-order valence-corrected chi connectivity index (χ2v) is 2.37. The second kappa shape index (κ2) is 25.8. The van der Waals surface area contributed by atoms with Crippen LogP contribution in [0.5, 0.6) is 0 Å². The molecular weight excluding hydrogens is 424 g/mol. The quantitative estimate of drug-likeness (QED) is 0.304. The van der Waals surface area contributed by atoms with Crippen LogP contribution in [0.2, 0.25) is 0 Å². The van der Waals surface area contributed by atoms with Crippen molar-refractivity contribution < 1.29 is 48.3 Å². The van der Waals surface area contributed by atoms with Gasteiger partial charge in [-0.3, -0.25) is 9.59 Å². The molecule has 7 heteroatoms. The summed E-state index contributed by atoms with van der Waals surface area (Å²) in [5, 5.41) is 7.79. The average Bonchev–Trinajstić information content (AvgIpc) is 2.20. The van der Waals surface area contributed by atoms with E-state index in [4.69, 9.17) is 9.84 Å². The van der Waals surface area contributed by atoms with E-state index in [2.05, 4.69) is 21.0 Å². The molecule has 0 rings (SSSR count). The maximum Gasteiger partial charge on any atom is -0.358 e. The number of hydrogen-bond donors (Lipinski definition) is 1. The first kappa shape index (κ1) is 30.8. The standard InChI is InChI=1S/C6H10O3.C3H6O3.2CH3.CH2.W/c1-5(2)8-4-9-6(3)7;1-3(5)6-2-4;;;;/h1,4H2,2-3H3;4H,2H2,1H3;2*1H3;1H2;/q;;2*-1;;. The molecule has 0 aliphatic carbocycles. The summed E-state index contributed by atoms with van der Waals surface area (Å²) in [4.78, 5) is 23.1. The number of carbonyl (C=O) groups excluding carboxylic acids is 2. The first-order valence-electron chi connectivity index (χ1n) is 4.35. The zero-order valence-electron chi connectivity index (χ0n) is 12.2. The maximum absolute atomic E-state index is 10.1. The predicted molar refractivity (Wildman–Crippen MR) is 71.3 cm³/mol. The third kappa shape index (κ3) is 59.8. The molecule has 0 aliphatic rings. The van der Waals surface area contributed by atoms with Gasteiger partial charge in [0.1, 0.15) is 0 Å². The smallest absolute Gasteiger partial charge is 0.358 e.